The second-order valence-electron chi connectivity index (χ2n) is 7.81. The number of nitrogens with zero attached hydrogens (tertiary/aromatic N) is 2. The van der Waals surface area contributed by atoms with Crippen molar-refractivity contribution in [2.75, 3.05) is 44.6 Å². The van der Waals surface area contributed by atoms with Crippen molar-refractivity contribution in [2.24, 2.45) is 5.73 Å². The number of piperazine rings is 1. The lowest BCUT2D eigenvalue weighted by Gasteiger charge is -2.34. The Bertz CT molecular complexity index is 641. The van der Waals surface area contributed by atoms with Gasteiger partial charge in [-0.2, -0.15) is 0 Å². The highest BCUT2D eigenvalue weighted by molar-refractivity contribution is 6.01. The molecule has 0 aromatic heterocycles. The van der Waals surface area contributed by atoms with Gasteiger partial charge in [-0.15, -0.1) is 0 Å². The van der Waals surface area contributed by atoms with E-state index in [4.69, 9.17) is 5.73 Å². The maximum atomic E-state index is 11.9. The molecule has 2 aliphatic rings. The predicted molar refractivity (Wildman–Crippen MR) is 111 cm³/mol. The zero-order valence-corrected chi connectivity index (χ0v) is 16.7. The minimum absolute atomic E-state index is 0.186. The van der Waals surface area contributed by atoms with Crippen LogP contribution in [0.5, 0.6) is 0 Å². The molecular formula is C21H33N5O2. The van der Waals surface area contributed by atoms with Gasteiger partial charge in [-0.25, -0.2) is 0 Å². The normalized spacial score (nSPS) is 21.5. The largest absolute Gasteiger partial charge is 0.374 e. The lowest BCUT2D eigenvalue weighted by Crippen LogP contribution is -2.47. The zero-order chi connectivity index (χ0) is 19.8. The highest BCUT2D eigenvalue weighted by Gasteiger charge is 2.26. The van der Waals surface area contributed by atoms with Crippen LogP contribution in [0.15, 0.2) is 24.3 Å². The molecule has 2 saturated heterocycles. The van der Waals surface area contributed by atoms with E-state index < -0.39 is 0 Å². The monoisotopic (exact) mass is 387 g/mol. The molecule has 1 aromatic rings. The molecule has 3 rings (SSSR count). The molecule has 154 valence electrons. The summed E-state index contributed by atoms with van der Waals surface area (Å²) in [7, 11) is 0. The first-order valence-electron chi connectivity index (χ1n) is 10.5. The van der Waals surface area contributed by atoms with Crippen molar-refractivity contribution in [3.8, 4) is 0 Å². The van der Waals surface area contributed by atoms with Crippen LogP contribution in [0.1, 0.15) is 37.7 Å². The number of hydrogen-bond acceptors (Lipinski definition) is 6. The number of nitrogens with one attached hydrogen (secondary N) is 2. The quantitative estimate of drug-likeness (QED) is 0.435. The molecular weight excluding hydrogens is 354 g/mol. The summed E-state index contributed by atoms with van der Waals surface area (Å²) in [5.41, 5.74) is 7.75. The van der Waals surface area contributed by atoms with Gasteiger partial charge in [0.15, 0.2) is 0 Å². The van der Waals surface area contributed by atoms with E-state index in [1.54, 1.807) is 0 Å². The van der Waals surface area contributed by atoms with Gasteiger partial charge in [0.2, 0.25) is 11.8 Å². The standard InChI is InChI=1S/C21H33N5O2/c22-10-2-1-3-11-25-12-14-26(15-13-25)16-17-4-6-18(7-5-17)23-19-8-9-20(27)24-21(19)28/h4-7,19,23H,1-3,8-16,22H2,(H,24,27,28). The first-order valence-corrected chi connectivity index (χ1v) is 10.5. The molecule has 2 heterocycles. The number of imide groups is 1. The lowest BCUT2D eigenvalue weighted by molar-refractivity contribution is -0.133. The fourth-order valence-electron chi connectivity index (χ4n) is 3.82. The van der Waals surface area contributed by atoms with Gasteiger partial charge in [0.05, 0.1) is 0 Å². The van der Waals surface area contributed by atoms with E-state index in [0.717, 1.165) is 51.4 Å². The smallest absolute Gasteiger partial charge is 0.249 e. The van der Waals surface area contributed by atoms with E-state index in [9.17, 15) is 9.59 Å². The molecule has 7 heteroatoms. The fraction of sp³-hybridized carbons (Fsp3) is 0.619. The van der Waals surface area contributed by atoms with Crippen LogP contribution in [0.4, 0.5) is 5.69 Å². The Morgan fingerprint density at radius 2 is 1.71 bits per heavy atom. The van der Waals surface area contributed by atoms with Crippen molar-refractivity contribution in [1.82, 2.24) is 15.1 Å². The van der Waals surface area contributed by atoms with E-state index in [-0.39, 0.29) is 17.9 Å². The second kappa shape index (κ2) is 10.5. The molecule has 0 aliphatic carbocycles. The summed E-state index contributed by atoms with van der Waals surface area (Å²) in [6.45, 7) is 7.43. The lowest BCUT2D eigenvalue weighted by atomic mass is 10.1. The van der Waals surface area contributed by atoms with Crippen molar-refractivity contribution in [2.45, 2.75) is 44.7 Å². The van der Waals surface area contributed by atoms with Gasteiger partial charge in [-0.1, -0.05) is 18.6 Å². The molecule has 1 aromatic carbocycles. The second-order valence-corrected chi connectivity index (χ2v) is 7.81. The highest BCUT2D eigenvalue weighted by Crippen LogP contribution is 2.16. The number of unbranched alkanes of at least 4 members (excludes halogenated alkanes) is 2. The molecule has 0 saturated carbocycles. The van der Waals surface area contributed by atoms with Gasteiger partial charge in [0, 0.05) is 44.8 Å². The average molecular weight is 388 g/mol. The van der Waals surface area contributed by atoms with E-state index in [2.05, 4.69) is 32.6 Å². The number of nitrogens with two attached hydrogens (primary N) is 1. The van der Waals surface area contributed by atoms with Gasteiger partial charge < -0.3 is 16.0 Å². The Hall–Kier alpha value is -1.96. The minimum atomic E-state index is -0.332. The topological polar surface area (TPSA) is 90.7 Å². The maximum Gasteiger partial charge on any atom is 0.249 e. The molecule has 0 spiro atoms. The van der Waals surface area contributed by atoms with Crippen LogP contribution in [0.25, 0.3) is 0 Å². The van der Waals surface area contributed by atoms with E-state index in [0.29, 0.717) is 12.8 Å². The molecule has 0 radical (unpaired) electrons. The third-order valence-corrected chi connectivity index (χ3v) is 5.58. The van der Waals surface area contributed by atoms with Crippen molar-refractivity contribution in [3.05, 3.63) is 29.8 Å². The summed E-state index contributed by atoms with van der Waals surface area (Å²) in [5, 5.41) is 5.60. The average Bonchev–Trinajstić information content (AvgIpc) is 2.70. The Morgan fingerprint density at radius 1 is 1.00 bits per heavy atom. The third kappa shape index (κ3) is 6.29. The van der Waals surface area contributed by atoms with Crippen LogP contribution in [0.2, 0.25) is 0 Å². The SMILES string of the molecule is NCCCCCN1CCN(Cc2ccc(NC3CCC(=O)NC3=O)cc2)CC1. The molecule has 2 aliphatic heterocycles. The van der Waals surface area contributed by atoms with Gasteiger partial charge in [0.1, 0.15) is 6.04 Å². The number of amides is 2. The molecule has 0 bridgehead atoms. The first-order chi connectivity index (χ1) is 13.6. The van der Waals surface area contributed by atoms with Crippen molar-refractivity contribution in [3.63, 3.8) is 0 Å². The summed E-state index contributed by atoms with van der Waals surface area (Å²) in [5.74, 6) is -0.421. The summed E-state index contributed by atoms with van der Waals surface area (Å²) >= 11 is 0. The summed E-state index contributed by atoms with van der Waals surface area (Å²) < 4.78 is 0. The number of carbonyl (C=O) groups is 2. The van der Waals surface area contributed by atoms with E-state index in [1.807, 2.05) is 12.1 Å². The Kier molecular flexibility index (Phi) is 7.82. The fourth-order valence-corrected chi connectivity index (χ4v) is 3.82. The Morgan fingerprint density at radius 3 is 2.39 bits per heavy atom. The van der Waals surface area contributed by atoms with E-state index in [1.165, 1.54) is 24.9 Å². The van der Waals surface area contributed by atoms with Gasteiger partial charge in [0.25, 0.3) is 0 Å². The highest BCUT2D eigenvalue weighted by atomic mass is 16.2. The molecule has 2 fully saturated rings. The number of anilines is 1. The first kappa shape index (κ1) is 20.8. The van der Waals surface area contributed by atoms with Gasteiger partial charge in [-0.05, 0) is 50.0 Å². The summed E-state index contributed by atoms with van der Waals surface area (Å²) in [6.07, 6.45) is 4.55. The Labute approximate surface area is 167 Å². The van der Waals surface area contributed by atoms with Crippen molar-refractivity contribution < 1.29 is 9.59 Å². The number of benzene rings is 1. The minimum Gasteiger partial charge on any atom is -0.374 e. The van der Waals surface area contributed by atoms with Crippen molar-refractivity contribution in [1.29, 1.82) is 0 Å². The van der Waals surface area contributed by atoms with Crippen LogP contribution < -0.4 is 16.4 Å². The van der Waals surface area contributed by atoms with Crippen LogP contribution in [-0.2, 0) is 16.1 Å². The molecule has 4 N–H and O–H groups in total. The van der Waals surface area contributed by atoms with Gasteiger partial charge in [-0.3, -0.25) is 19.8 Å². The molecule has 2 amide bonds. The van der Waals surface area contributed by atoms with Crippen molar-refractivity contribution >= 4 is 17.5 Å². The summed E-state index contributed by atoms with van der Waals surface area (Å²) in [6, 6.07) is 7.95. The third-order valence-electron chi connectivity index (χ3n) is 5.58. The molecule has 28 heavy (non-hydrogen) atoms. The van der Waals surface area contributed by atoms with Gasteiger partial charge >= 0.3 is 0 Å². The zero-order valence-electron chi connectivity index (χ0n) is 16.7. The predicted octanol–water partition coefficient (Wildman–Crippen LogP) is 1.15. The maximum absolute atomic E-state index is 11.9. The van der Waals surface area contributed by atoms with Crippen LogP contribution in [0, 0.1) is 0 Å². The number of rotatable bonds is 9. The number of piperidine rings is 1. The Balaban J connectivity index is 1.39. The molecule has 1 unspecified atom stereocenters. The number of hydrogen-bond donors (Lipinski definition) is 3. The van der Waals surface area contributed by atoms with Crippen LogP contribution in [-0.4, -0.2) is 66.9 Å². The van der Waals surface area contributed by atoms with E-state index >= 15 is 0 Å². The molecule has 7 nitrogen and oxygen atoms in total. The number of carbonyl (C=O) groups excluding carboxylic acids is 2. The molecule has 1 atom stereocenters. The van der Waals surface area contributed by atoms with Crippen LogP contribution >= 0.6 is 0 Å². The summed E-state index contributed by atoms with van der Waals surface area (Å²) in [4.78, 5) is 28.1. The van der Waals surface area contributed by atoms with Crippen LogP contribution in [0.3, 0.4) is 0 Å².